The Balaban J connectivity index is 0.00000182. The van der Waals surface area contributed by atoms with Gasteiger partial charge in [-0.3, -0.25) is 4.90 Å². The molecule has 0 aliphatic carbocycles. The largest absolute Gasteiger partial charge is 0.339 e. The van der Waals surface area contributed by atoms with Crippen molar-refractivity contribution in [3.63, 3.8) is 0 Å². The van der Waals surface area contributed by atoms with E-state index in [0.29, 0.717) is 18.0 Å². The van der Waals surface area contributed by atoms with Crippen LogP contribution in [0.3, 0.4) is 0 Å². The third-order valence-electron chi connectivity index (χ3n) is 5.83. The summed E-state index contributed by atoms with van der Waals surface area (Å²) in [5.74, 6) is 2.57. The molecule has 5 heteroatoms. The highest BCUT2D eigenvalue weighted by atomic mass is 35.5. The van der Waals surface area contributed by atoms with Gasteiger partial charge < -0.3 is 4.52 Å². The zero-order valence-electron chi connectivity index (χ0n) is 14.4. The molecule has 0 amide bonds. The molecule has 4 atom stereocenters. The Kier molecular flexibility index (Phi) is 5.21. The van der Waals surface area contributed by atoms with E-state index in [1.165, 1.54) is 18.4 Å². The van der Waals surface area contributed by atoms with Crippen LogP contribution in [0.2, 0.25) is 5.02 Å². The van der Waals surface area contributed by atoms with E-state index in [9.17, 15) is 0 Å². The molecule has 2 bridgehead atoms. The molecule has 4 nitrogen and oxygen atoms in total. The number of piperidine rings is 1. The first-order chi connectivity index (χ1) is 11.5. The first kappa shape index (κ1) is 18.4. The highest BCUT2D eigenvalue weighted by Gasteiger charge is 2.48. The smallest absolute Gasteiger partial charge is 0.231 e. The van der Waals surface area contributed by atoms with E-state index < -0.39 is 0 Å². The van der Waals surface area contributed by atoms with Crippen molar-refractivity contribution in [3.8, 4) is 0 Å². The Morgan fingerprint density at radius 1 is 1.20 bits per heavy atom. The van der Waals surface area contributed by atoms with Crippen LogP contribution in [0, 0.1) is 0 Å². The molecular formula is C20H28ClN3O. The summed E-state index contributed by atoms with van der Waals surface area (Å²) in [5.41, 5.74) is 1.33. The summed E-state index contributed by atoms with van der Waals surface area (Å²) in [6.45, 7) is 4.20. The average molecular weight is 362 g/mol. The fourth-order valence-corrected chi connectivity index (χ4v) is 4.60. The van der Waals surface area contributed by atoms with Gasteiger partial charge in [0, 0.05) is 23.0 Å². The van der Waals surface area contributed by atoms with Crippen LogP contribution in [0.15, 0.2) is 28.8 Å². The van der Waals surface area contributed by atoms with E-state index in [0.717, 1.165) is 23.2 Å². The molecule has 136 valence electrons. The van der Waals surface area contributed by atoms with Crippen LogP contribution in [0.25, 0.3) is 0 Å². The molecule has 0 spiro atoms. The molecule has 0 N–H and O–H groups in total. The summed E-state index contributed by atoms with van der Waals surface area (Å²) in [7, 11) is 2.24. The standard InChI is InChI=1S/C19H24ClN3O.CH4/c1-11(2)18-21-19(24-22-18)17-15(12-4-6-13(20)7-5-12)10-14-8-9-16(17)23(14)3;/h4-7,11,14-17H,8-10H2,1-3H3;1H4/t14-,15-,16?,17?;/m1./s1. The van der Waals surface area contributed by atoms with Crippen molar-refractivity contribution >= 4 is 11.6 Å². The molecule has 0 saturated carbocycles. The van der Waals surface area contributed by atoms with Gasteiger partial charge in [0.2, 0.25) is 5.89 Å². The predicted octanol–water partition coefficient (Wildman–Crippen LogP) is 5.22. The van der Waals surface area contributed by atoms with Crippen molar-refractivity contribution in [2.24, 2.45) is 0 Å². The number of halogens is 1. The Hall–Kier alpha value is -1.39. The maximum atomic E-state index is 6.09. The van der Waals surface area contributed by atoms with Gasteiger partial charge in [-0.1, -0.05) is 50.2 Å². The quantitative estimate of drug-likeness (QED) is 0.751. The topological polar surface area (TPSA) is 42.2 Å². The summed E-state index contributed by atoms with van der Waals surface area (Å²) in [6.07, 6.45) is 3.60. The van der Waals surface area contributed by atoms with Crippen LogP contribution in [0.1, 0.15) is 75.6 Å². The minimum absolute atomic E-state index is 0. The van der Waals surface area contributed by atoms with Gasteiger partial charge in [0.1, 0.15) is 0 Å². The SMILES string of the molecule is C.CC(C)c1noc(C2C3CC[C@H](C[C@@H]2c2ccc(Cl)cc2)N3C)n1. The monoisotopic (exact) mass is 361 g/mol. The molecule has 2 aliphatic heterocycles. The second kappa shape index (κ2) is 7.08. The Bertz CT molecular complexity index is 712. The number of nitrogens with zero attached hydrogens (tertiary/aromatic N) is 3. The van der Waals surface area contributed by atoms with Crippen LogP contribution in [-0.4, -0.2) is 34.2 Å². The molecule has 25 heavy (non-hydrogen) atoms. The van der Waals surface area contributed by atoms with Gasteiger partial charge in [-0.25, -0.2) is 0 Å². The van der Waals surface area contributed by atoms with E-state index in [2.05, 4.69) is 43.1 Å². The van der Waals surface area contributed by atoms with Crippen LogP contribution < -0.4 is 0 Å². The first-order valence-corrected chi connectivity index (χ1v) is 9.23. The average Bonchev–Trinajstić information content (AvgIpc) is 3.12. The molecule has 1 aromatic heterocycles. The van der Waals surface area contributed by atoms with Crippen LogP contribution in [0.4, 0.5) is 0 Å². The van der Waals surface area contributed by atoms with Crippen molar-refractivity contribution in [3.05, 3.63) is 46.6 Å². The second-order valence-corrected chi connectivity index (χ2v) is 7.97. The Morgan fingerprint density at radius 3 is 2.56 bits per heavy atom. The van der Waals surface area contributed by atoms with E-state index in [4.69, 9.17) is 21.1 Å². The first-order valence-electron chi connectivity index (χ1n) is 8.85. The van der Waals surface area contributed by atoms with Crippen molar-refractivity contribution in [1.82, 2.24) is 15.0 Å². The highest BCUT2D eigenvalue weighted by molar-refractivity contribution is 6.30. The number of fused-ring (bicyclic) bond motifs is 2. The maximum absolute atomic E-state index is 6.09. The summed E-state index contributed by atoms with van der Waals surface area (Å²) >= 11 is 6.09. The van der Waals surface area contributed by atoms with Crippen LogP contribution >= 0.6 is 11.6 Å². The van der Waals surface area contributed by atoms with Gasteiger partial charge >= 0.3 is 0 Å². The molecule has 4 rings (SSSR count). The Labute approximate surface area is 155 Å². The summed E-state index contributed by atoms with van der Waals surface area (Å²) in [6, 6.07) is 9.42. The van der Waals surface area contributed by atoms with Crippen molar-refractivity contribution in [1.29, 1.82) is 0 Å². The molecule has 2 aromatic rings. The van der Waals surface area contributed by atoms with E-state index in [1.807, 2.05) is 12.1 Å². The summed E-state index contributed by atoms with van der Waals surface area (Å²) < 4.78 is 5.73. The summed E-state index contributed by atoms with van der Waals surface area (Å²) in [5, 5.41) is 5.00. The molecule has 1 aromatic carbocycles. The maximum Gasteiger partial charge on any atom is 0.231 e. The lowest BCUT2D eigenvalue weighted by molar-refractivity contribution is 0.120. The van der Waals surface area contributed by atoms with Crippen molar-refractivity contribution < 1.29 is 4.52 Å². The third-order valence-corrected chi connectivity index (χ3v) is 6.08. The minimum Gasteiger partial charge on any atom is -0.339 e. The number of aromatic nitrogens is 2. The predicted molar refractivity (Wildman–Crippen MR) is 101 cm³/mol. The molecule has 3 heterocycles. The number of rotatable bonds is 3. The second-order valence-electron chi connectivity index (χ2n) is 7.53. The lowest BCUT2D eigenvalue weighted by Crippen LogP contribution is -2.44. The number of hydrogen-bond donors (Lipinski definition) is 0. The normalized spacial score (nSPS) is 29.0. The summed E-state index contributed by atoms with van der Waals surface area (Å²) in [4.78, 5) is 7.27. The van der Waals surface area contributed by atoms with Crippen molar-refractivity contribution in [2.45, 2.75) is 70.4 Å². The van der Waals surface area contributed by atoms with Gasteiger partial charge in [0.05, 0.1) is 5.92 Å². The van der Waals surface area contributed by atoms with E-state index in [-0.39, 0.29) is 19.3 Å². The lowest BCUT2D eigenvalue weighted by atomic mass is 9.76. The fraction of sp³-hybridized carbons (Fsp3) is 0.600. The fourth-order valence-electron chi connectivity index (χ4n) is 4.47. The molecule has 2 fully saturated rings. The lowest BCUT2D eigenvalue weighted by Gasteiger charge is -2.41. The van der Waals surface area contributed by atoms with Crippen LogP contribution in [0.5, 0.6) is 0 Å². The molecule has 2 unspecified atom stereocenters. The zero-order valence-corrected chi connectivity index (χ0v) is 15.2. The third kappa shape index (κ3) is 3.22. The highest BCUT2D eigenvalue weighted by Crippen LogP contribution is 2.50. The molecule has 2 saturated heterocycles. The van der Waals surface area contributed by atoms with Gasteiger partial charge in [0.25, 0.3) is 0 Å². The van der Waals surface area contributed by atoms with E-state index >= 15 is 0 Å². The van der Waals surface area contributed by atoms with Gasteiger partial charge in [-0.15, -0.1) is 0 Å². The number of hydrogen-bond acceptors (Lipinski definition) is 4. The number of likely N-dealkylation sites (N-methyl/N-ethyl adjacent to an activating group) is 1. The van der Waals surface area contributed by atoms with Gasteiger partial charge in [0.15, 0.2) is 5.82 Å². The Morgan fingerprint density at radius 2 is 1.92 bits per heavy atom. The zero-order chi connectivity index (χ0) is 16.8. The van der Waals surface area contributed by atoms with Gasteiger partial charge in [-0.05, 0) is 49.9 Å². The van der Waals surface area contributed by atoms with Crippen molar-refractivity contribution in [2.75, 3.05) is 7.05 Å². The van der Waals surface area contributed by atoms with Crippen LogP contribution in [-0.2, 0) is 0 Å². The number of benzene rings is 1. The minimum atomic E-state index is 0. The van der Waals surface area contributed by atoms with Gasteiger partial charge in [-0.2, -0.15) is 4.98 Å². The molecule has 2 aliphatic rings. The molecule has 0 radical (unpaired) electrons. The molecular weight excluding hydrogens is 334 g/mol. The van der Waals surface area contributed by atoms with E-state index in [1.54, 1.807) is 0 Å².